The molecule has 0 radical (unpaired) electrons. The number of fused-ring (bicyclic) bond motifs is 3. The highest BCUT2D eigenvalue weighted by molar-refractivity contribution is 8.05. The van der Waals surface area contributed by atoms with E-state index in [0.29, 0.717) is 10.9 Å². The smallest absolute Gasteiger partial charge is 0.258 e. The molecular weight excluding hydrogens is 354 g/mol. The third-order valence-electron chi connectivity index (χ3n) is 5.28. The molecule has 1 aromatic heterocycles. The Bertz CT molecular complexity index is 707. The number of primary amides is 1. The van der Waals surface area contributed by atoms with Crippen LogP contribution in [-0.2, 0) is 4.74 Å². The minimum atomic E-state index is -0.363. The lowest BCUT2D eigenvalue weighted by atomic mass is 9.83. The third-order valence-corrected chi connectivity index (χ3v) is 7.49. The number of allylic oxidation sites excluding steroid dienone is 1. The van der Waals surface area contributed by atoms with Crippen LogP contribution in [0.25, 0.3) is 0 Å². The van der Waals surface area contributed by atoms with Crippen LogP contribution in [0.2, 0.25) is 0 Å². The second-order valence-electron chi connectivity index (χ2n) is 6.75. The highest BCUT2D eigenvalue weighted by Gasteiger charge is 2.39. The number of methoxy groups -OCH3 is 1. The third kappa shape index (κ3) is 3.51. The zero-order chi connectivity index (χ0) is 17.4. The number of thiophene rings is 1. The quantitative estimate of drug-likeness (QED) is 0.855. The number of nitrogens with zero attached hydrogens (tertiary/aromatic N) is 2. The van der Waals surface area contributed by atoms with Crippen LogP contribution >= 0.6 is 23.1 Å². The number of rotatable bonds is 5. The van der Waals surface area contributed by atoms with Gasteiger partial charge < -0.3 is 20.3 Å². The Labute approximate surface area is 156 Å². The molecule has 5 rings (SSSR count). The van der Waals surface area contributed by atoms with Crippen molar-refractivity contribution in [2.45, 2.75) is 29.3 Å². The molecule has 0 aliphatic carbocycles. The number of amides is 1. The van der Waals surface area contributed by atoms with Crippen LogP contribution in [0.4, 0.5) is 0 Å². The summed E-state index contributed by atoms with van der Waals surface area (Å²) in [6, 6.07) is 4.27. The lowest BCUT2D eigenvalue weighted by Crippen LogP contribution is -2.58. The number of nitrogens with two attached hydrogens (primary N) is 1. The Morgan fingerprint density at radius 2 is 2.16 bits per heavy atom. The molecule has 1 amide bonds. The van der Waals surface area contributed by atoms with E-state index in [1.807, 2.05) is 6.07 Å². The molecule has 4 aliphatic rings. The van der Waals surface area contributed by atoms with Gasteiger partial charge >= 0.3 is 0 Å². The fourth-order valence-corrected chi connectivity index (χ4v) is 5.98. The Morgan fingerprint density at radius 3 is 2.76 bits per heavy atom. The lowest BCUT2D eigenvalue weighted by molar-refractivity contribution is -0.0521. The molecule has 5 heterocycles. The van der Waals surface area contributed by atoms with Gasteiger partial charge in [-0.25, -0.2) is 0 Å². The predicted molar refractivity (Wildman–Crippen MR) is 102 cm³/mol. The van der Waals surface area contributed by atoms with Gasteiger partial charge in [-0.2, -0.15) is 0 Å². The fraction of sp³-hybridized carbons (Fsp3) is 0.500. The summed E-state index contributed by atoms with van der Waals surface area (Å²) in [6.07, 6.45) is 9.03. The molecule has 3 fully saturated rings. The molecule has 2 bridgehead atoms. The average Bonchev–Trinajstić information content (AvgIpc) is 3.11. The zero-order valence-corrected chi connectivity index (χ0v) is 15.9. The van der Waals surface area contributed by atoms with Gasteiger partial charge in [0.2, 0.25) is 0 Å². The van der Waals surface area contributed by atoms with Gasteiger partial charge in [0.05, 0.1) is 9.09 Å². The summed E-state index contributed by atoms with van der Waals surface area (Å²) in [6.45, 7) is 3.59. The topological polar surface area (TPSA) is 58.8 Å². The largest absolute Gasteiger partial charge is 0.365 e. The molecule has 0 aromatic carbocycles. The van der Waals surface area contributed by atoms with Crippen molar-refractivity contribution in [2.75, 3.05) is 26.7 Å². The highest BCUT2D eigenvalue weighted by atomic mass is 32.2. The number of ether oxygens (including phenoxy) is 1. The van der Waals surface area contributed by atoms with Crippen LogP contribution in [0.15, 0.2) is 39.6 Å². The van der Waals surface area contributed by atoms with E-state index < -0.39 is 0 Å². The highest BCUT2D eigenvalue weighted by Crippen LogP contribution is 2.38. The van der Waals surface area contributed by atoms with Gasteiger partial charge in [-0.1, -0.05) is 11.8 Å². The van der Waals surface area contributed by atoms with Crippen molar-refractivity contribution >= 4 is 29.0 Å². The first-order valence-corrected chi connectivity index (χ1v) is 10.3. The molecule has 1 aromatic rings. The van der Waals surface area contributed by atoms with Gasteiger partial charge in [-0.15, -0.1) is 11.3 Å². The summed E-state index contributed by atoms with van der Waals surface area (Å²) >= 11 is 3.12. The van der Waals surface area contributed by atoms with Crippen LogP contribution in [0.3, 0.4) is 0 Å². The van der Waals surface area contributed by atoms with Crippen molar-refractivity contribution < 1.29 is 9.53 Å². The van der Waals surface area contributed by atoms with Crippen LogP contribution in [0.1, 0.15) is 22.5 Å². The van der Waals surface area contributed by atoms with E-state index in [-0.39, 0.29) is 12.1 Å². The van der Waals surface area contributed by atoms with Gasteiger partial charge in [0.1, 0.15) is 6.23 Å². The van der Waals surface area contributed by atoms with Crippen molar-refractivity contribution in [3.8, 4) is 0 Å². The summed E-state index contributed by atoms with van der Waals surface area (Å²) in [5.41, 5.74) is 5.35. The molecule has 0 spiro atoms. The molecule has 7 heteroatoms. The molecule has 4 aliphatic heterocycles. The first-order valence-electron chi connectivity index (χ1n) is 8.64. The van der Waals surface area contributed by atoms with Crippen molar-refractivity contribution in [3.05, 3.63) is 40.3 Å². The van der Waals surface area contributed by atoms with E-state index in [9.17, 15) is 4.79 Å². The van der Waals surface area contributed by atoms with Crippen molar-refractivity contribution in [2.24, 2.45) is 11.7 Å². The number of hydrogen-bond donors (Lipinski definition) is 1. The number of hydrogen-bond acceptors (Lipinski definition) is 6. The first kappa shape index (κ1) is 17.1. The molecule has 25 heavy (non-hydrogen) atoms. The molecule has 134 valence electrons. The van der Waals surface area contributed by atoms with Crippen LogP contribution in [-0.4, -0.2) is 54.7 Å². The van der Waals surface area contributed by atoms with Gasteiger partial charge in [0.15, 0.2) is 0 Å². The lowest BCUT2D eigenvalue weighted by Gasteiger charge is -2.50. The molecule has 5 nitrogen and oxygen atoms in total. The molecule has 0 saturated carbocycles. The maximum absolute atomic E-state index is 11.3. The number of carbonyl (C=O) groups is 1. The minimum absolute atomic E-state index is 0.000540. The van der Waals surface area contributed by atoms with E-state index >= 15 is 0 Å². The Kier molecular flexibility index (Phi) is 4.90. The van der Waals surface area contributed by atoms with Gasteiger partial charge in [0, 0.05) is 30.8 Å². The summed E-state index contributed by atoms with van der Waals surface area (Å²) in [5, 5.41) is 0. The number of piperidine rings is 3. The monoisotopic (exact) mass is 377 g/mol. The summed E-state index contributed by atoms with van der Waals surface area (Å²) < 4.78 is 6.79. The Balaban J connectivity index is 1.53. The van der Waals surface area contributed by atoms with Crippen LogP contribution < -0.4 is 5.73 Å². The van der Waals surface area contributed by atoms with E-state index in [0.717, 1.165) is 16.7 Å². The molecule has 3 saturated heterocycles. The van der Waals surface area contributed by atoms with Gasteiger partial charge in [-0.3, -0.25) is 4.79 Å². The number of carbonyl (C=O) groups excluding carboxylic acids is 1. The second-order valence-corrected chi connectivity index (χ2v) is 9.21. The normalized spacial score (nSPS) is 31.2. The molecule has 1 unspecified atom stereocenters. The number of thioether (sulfide) groups is 1. The SMILES string of the molecule is COC1C=CC(Sc2ccc(C(N)=O)s2)=CN1[C@H]1CN2CCC1CC2. The van der Waals surface area contributed by atoms with E-state index in [2.05, 4.69) is 28.2 Å². The second kappa shape index (κ2) is 7.15. The van der Waals surface area contributed by atoms with Crippen LogP contribution in [0, 0.1) is 5.92 Å². The van der Waals surface area contributed by atoms with E-state index in [4.69, 9.17) is 10.5 Å². The zero-order valence-electron chi connectivity index (χ0n) is 14.3. The van der Waals surface area contributed by atoms with Gasteiger partial charge in [0.25, 0.3) is 5.91 Å². The summed E-state index contributed by atoms with van der Waals surface area (Å²) in [7, 11) is 1.77. The van der Waals surface area contributed by atoms with Crippen molar-refractivity contribution in [1.82, 2.24) is 9.80 Å². The standard InChI is InChI=1S/C18H23N3O2S2/c1-23-16-4-2-13(24-17-5-3-15(25-17)18(19)22)10-21(16)14-11-20-8-6-12(14)7-9-20/h2-5,10,12,14,16H,6-9,11H2,1H3,(H2,19,22)/t14-,16?/m0/s1. The van der Waals surface area contributed by atoms with E-state index in [1.54, 1.807) is 24.9 Å². The average molecular weight is 378 g/mol. The Morgan fingerprint density at radius 1 is 1.36 bits per heavy atom. The maximum atomic E-state index is 11.3. The van der Waals surface area contributed by atoms with Gasteiger partial charge in [-0.05, 0) is 56.1 Å². The summed E-state index contributed by atoms with van der Waals surface area (Å²) in [5.74, 6) is 0.387. The summed E-state index contributed by atoms with van der Waals surface area (Å²) in [4.78, 5) is 18.0. The Hall–Kier alpha value is -1.28. The first-order chi connectivity index (χ1) is 12.1. The predicted octanol–water partition coefficient (Wildman–Crippen LogP) is 2.72. The van der Waals surface area contributed by atoms with E-state index in [1.165, 1.54) is 42.2 Å². The minimum Gasteiger partial charge on any atom is -0.365 e. The van der Waals surface area contributed by atoms with Crippen molar-refractivity contribution in [3.63, 3.8) is 0 Å². The molecule has 2 atom stereocenters. The van der Waals surface area contributed by atoms with Crippen molar-refractivity contribution in [1.29, 1.82) is 0 Å². The maximum Gasteiger partial charge on any atom is 0.258 e. The molecular formula is C18H23N3O2S2. The fourth-order valence-electron chi connectivity index (χ4n) is 3.98. The van der Waals surface area contributed by atoms with Crippen LogP contribution in [0.5, 0.6) is 0 Å². The molecule has 2 N–H and O–H groups in total.